The molecular weight excluding hydrogens is 200 g/mol. The van der Waals surface area contributed by atoms with E-state index in [1.807, 2.05) is 0 Å². The summed E-state index contributed by atoms with van der Waals surface area (Å²) in [6, 6.07) is 0. The summed E-state index contributed by atoms with van der Waals surface area (Å²) in [4.78, 5) is 0. The Morgan fingerprint density at radius 2 is 2.06 bits per heavy atom. The molecule has 0 aliphatic heterocycles. The zero-order valence-corrected chi connectivity index (χ0v) is 10.2. The zero-order valence-electron chi connectivity index (χ0n) is 10.2. The largest absolute Gasteiger partial charge is 0.378 e. The number of rotatable bonds is 6. The van der Waals surface area contributed by atoms with E-state index in [2.05, 4.69) is 13.3 Å². The van der Waals surface area contributed by atoms with E-state index in [9.17, 15) is 0 Å². The SMILES string of the molecule is [CH2]COC1CCC(CCOC2C[CH]CC2)C1. The summed E-state index contributed by atoms with van der Waals surface area (Å²) >= 11 is 0. The summed E-state index contributed by atoms with van der Waals surface area (Å²) in [5, 5.41) is 0. The van der Waals surface area contributed by atoms with Crippen LogP contribution in [0.25, 0.3) is 0 Å². The summed E-state index contributed by atoms with van der Waals surface area (Å²) in [7, 11) is 0. The summed E-state index contributed by atoms with van der Waals surface area (Å²) in [6.45, 7) is 5.30. The van der Waals surface area contributed by atoms with Gasteiger partial charge in [-0.1, -0.05) is 0 Å². The van der Waals surface area contributed by atoms with Gasteiger partial charge in [-0.3, -0.25) is 0 Å². The molecule has 0 aromatic heterocycles. The van der Waals surface area contributed by atoms with Gasteiger partial charge < -0.3 is 9.47 Å². The van der Waals surface area contributed by atoms with Gasteiger partial charge in [0.2, 0.25) is 0 Å². The van der Waals surface area contributed by atoms with Crippen LogP contribution in [0.15, 0.2) is 0 Å². The fourth-order valence-corrected chi connectivity index (χ4v) is 2.89. The highest BCUT2D eigenvalue weighted by atomic mass is 16.5. The van der Waals surface area contributed by atoms with Crippen LogP contribution in [-0.4, -0.2) is 25.4 Å². The molecule has 0 saturated heterocycles. The molecule has 0 aromatic rings. The van der Waals surface area contributed by atoms with Gasteiger partial charge in [0, 0.05) is 13.2 Å². The minimum atomic E-state index is 0.474. The molecule has 2 aliphatic carbocycles. The maximum Gasteiger partial charge on any atom is 0.0578 e. The number of hydrogen-bond donors (Lipinski definition) is 0. The van der Waals surface area contributed by atoms with Crippen LogP contribution in [0.2, 0.25) is 0 Å². The Morgan fingerprint density at radius 3 is 2.81 bits per heavy atom. The van der Waals surface area contributed by atoms with Gasteiger partial charge in [0.25, 0.3) is 0 Å². The molecule has 0 aromatic carbocycles. The first-order valence-electron chi connectivity index (χ1n) is 6.72. The van der Waals surface area contributed by atoms with E-state index in [4.69, 9.17) is 9.47 Å². The second-order valence-corrected chi connectivity index (χ2v) is 5.06. The highest BCUT2D eigenvalue weighted by Crippen LogP contribution is 2.30. The second kappa shape index (κ2) is 6.61. The molecule has 92 valence electrons. The number of ether oxygens (including phenoxy) is 2. The van der Waals surface area contributed by atoms with Gasteiger partial charge in [-0.05, 0) is 64.2 Å². The third-order valence-corrected chi connectivity index (χ3v) is 3.85. The molecule has 2 fully saturated rings. The summed E-state index contributed by atoms with van der Waals surface area (Å²) in [5.41, 5.74) is 0. The predicted molar refractivity (Wildman–Crippen MR) is 64.9 cm³/mol. The van der Waals surface area contributed by atoms with Crippen LogP contribution in [0.3, 0.4) is 0 Å². The highest BCUT2D eigenvalue weighted by Gasteiger charge is 2.25. The molecule has 2 nitrogen and oxygen atoms in total. The van der Waals surface area contributed by atoms with Crippen molar-refractivity contribution in [1.82, 2.24) is 0 Å². The summed E-state index contributed by atoms with van der Waals surface area (Å²) < 4.78 is 11.4. The van der Waals surface area contributed by atoms with Crippen LogP contribution in [0.4, 0.5) is 0 Å². The van der Waals surface area contributed by atoms with Crippen LogP contribution >= 0.6 is 0 Å². The lowest BCUT2D eigenvalue weighted by Gasteiger charge is -2.14. The van der Waals surface area contributed by atoms with Gasteiger partial charge in [0.15, 0.2) is 0 Å². The lowest BCUT2D eigenvalue weighted by Crippen LogP contribution is -2.12. The minimum Gasteiger partial charge on any atom is -0.378 e. The first-order chi connectivity index (χ1) is 7.88. The van der Waals surface area contributed by atoms with Crippen molar-refractivity contribution in [2.24, 2.45) is 5.92 Å². The third kappa shape index (κ3) is 3.74. The Morgan fingerprint density at radius 1 is 1.12 bits per heavy atom. The lowest BCUT2D eigenvalue weighted by molar-refractivity contribution is 0.0466. The van der Waals surface area contributed by atoms with Crippen molar-refractivity contribution in [2.75, 3.05) is 13.2 Å². The maximum absolute atomic E-state index is 5.88. The average Bonchev–Trinajstić information content (AvgIpc) is 2.90. The van der Waals surface area contributed by atoms with Crippen LogP contribution in [0.1, 0.15) is 44.9 Å². The molecule has 2 saturated carbocycles. The van der Waals surface area contributed by atoms with E-state index in [1.165, 1.54) is 38.5 Å². The van der Waals surface area contributed by atoms with Crippen molar-refractivity contribution in [2.45, 2.75) is 57.2 Å². The van der Waals surface area contributed by atoms with Gasteiger partial charge in [-0.2, -0.15) is 0 Å². The van der Waals surface area contributed by atoms with Crippen molar-refractivity contribution in [3.05, 3.63) is 13.3 Å². The fourth-order valence-electron chi connectivity index (χ4n) is 2.89. The molecule has 0 bridgehead atoms. The van der Waals surface area contributed by atoms with E-state index >= 15 is 0 Å². The first-order valence-corrected chi connectivity index (χ1v) is 6.72. The quantitative estimate of drug-likeness (QED) is 0.690. The molecular formula is C14H24O2. The summed E-state index contributed by atoms with van der Waals surface area (Å²) in [5.74, 6) is 0.821. The molecule has 2 aliphatic rings. The van der Waals surface area contributed by atoms with Crippen LogP contribution < -0.4 is 0 Å². The second-order valence-electron chi connectivity index (χ2n) is 5.06. The van der Waals surface area contributed by atoms with Crippen molar-refractivity contribution >= 4 is 0 Å². The van der Waals surface area contributed by atoms with E-state index < -0.39 is 0 Å². The molecule has 0 amide bonds. The molecule has 2 rings (SSSR count). The molecule has 2 radical (unpaired) electrons. The van der Waals surface area contributed by atoms with E-state index in [1.54, 1.807) is 0 Å². The van der Waals surface area contributed by atoms with Gasteiger partial charge in [-0.25, -0.2) is 0 Å². The van der Waals surface area contributed by atoms with Crippen molar-refractivity contribution < 1.29 is 9.47 Å². The topological polar surface area (TPSA) is 18.5 Å². The smallest absolute Gasteiger partial charge is 0.0578 e. The monoisotopic (exact) mass is 224 g/mol. The molecule has 0 spiro atoms. The lowest BCUT2D eigenvalue weighted by atomic mass is 10.0. The molecule has 2 heteroatoms. The van der Waals surface area contributed by atoms with Crippen molar-refractivity contribution in [3.8, 4) is 0 Å². The van der Waals surface area contributed by atoms with Gasteiger partial charge in [0.1, 0.15) is 0 Å². The Hall–Kier alpha value is -0.0800. The molecule has 0 heterocycles. The summed E-state index contributed by atoms with van der Waals surface area (Å²) in [6.07, 6.45) is 11.9. The minimum absolute atomic E-state index is 0.474. The maximum atomic E-state index is 5.88. The van der Waals surface area contributed by atoms with E-state index in [-0.39, 0.29) is 0 Å². The predicted octanol–water partition coefficient (Wildman–Crippen LogP) is 3.17. The molecule has 16 heavy (non-hydrogen) atoms. The van der Waals surface area contributed by atoms with Gasteiger partial charge in [0.05, 0.1) is 12.2 Å². The fraction of sp³-hybridized carbons (Fsp3) is 0.857. The van der Waals surface area contributed by atoms with E-state index in [0.717, 1.165) is 18.9 Å². The van der Waals surface area contributed by atoms with Gasteiger partial charge >= 0.3 is 0 Å². The van der Waals surface area contributed by atoms with Crippen molar-refractivity contribution in [3.63, 3.8) is 0 Å². The van der Waals surface area contributed by atoms with E-state index in [0.29, 0.717) is 18.8 Å². The Kier molecular flexibility index (Phi) is 5.11. The van der Waals surface area contributed by atoms with Gasteiger partial charge in [-0.15, -0.1) is 0 Å². The third-order valence-electron chi connectivity index (χ3n) is 3.85. The Bertz CT molecular complexity index is 187. The van der Waals surface area contributed by atoms with Crippen LogP contribution in [0.5, 0.6) is 0 Å². The van der Waals surface area contributed by atoms with Crippen molar-refractivity contribution in [1.29, 1.82) is 0 Å². The molecule has 3 unspecified atom stereocenters. The van der Waals surface area contributed by atoms with Crippen LogP contribution in [0, 0.1) is 19.3 Å². The molecule has 0 N–H and O–H groups in total. The first kappa shape index (κ1) is 12.4. The zero-order chi connectivity index (χ0) is 11.2. The number of hydrogen-bond acceptors (Lipinski definition) is 2. The molecule has 3 atom stereocenters. The highest BCUT2D eigenvalue weighted by molar-refractivity contribution is 4.81. The van der Waals surface area contributed by atoms with Crippen LogP contribution in [-0.2, 0) is 9.47 Å². The average molecular weight is 224 g/mol. The Balaban J connectivity index is 1.53. The normalized spacial score (nSPS) is 31.3. The Labute approximate surface area is 99.7 Å². The standard InChI is InChI=1S/C14H24O2/c1-2-15-14-8-7-12(11-14)9-10-16-13-5-3-4-6-13/h3,12-14H,1-2,4-11H2.